The molecule has 0 aromatic heterocycles. The smallest absolute Gasteiger partial charge is 0.283 e. The molecule has 0 saturated heterocycles. The molecular formula is C21H17N3O5S. The maximum absolute atomic E-state index is 11.4. The van der Waals surface area contributed by atoms with Crippen molar-refractivity contribution in [2.24, 2.45) is 5.16 Å². The van der Waals surface area contributed by atoms with Gasteiger partial charge in [-0.1, -0.05) is 41.6 Å². The number of rotatable bonds is 9. The van der Waals surface area contributed by atoms with E-state index in [9.17, 15) is 20.2 Å². The second-order valence-corrected chi connectivity index (χ2v) is 7.21. The monoisotopic (exact) mass is 423 g/mol. The molecule has 3 aromatic rings. The number of nitro groups is 2. The van der Waals surface area contributed by atoms with Gasteiger partial charge >= 0.3 is 0 Å². The number of hydrogen-bond acceptors (Lipinski definition) is 7. The summed E-state index contributed by atoms with van der Waals surface area (Å²) >= 11 is 1.40. The Hall–Kier alpha value is -3.72. The summed E-state index contributed by atoms with van der Waals surface area (Å²) in [5.41, 5.74) is 2.35. The fourth-order valence-corrected chi connectivity index (χ4v) is 3.50. The standard InChI is InChI=1S/C21H17N3O5S/c25-23(26)19-9-6-16(7-10-19)14-29-22-13-18-8-11-21(20(12-18)24(27)28)30-15-17-4-2-1-3-5-17/h1-13H,14-15H2/b22-13+. The molecule has 3 aromatic carbocycles. The summed E-state index contributed by atoms with van der Waals surface area (Å²) in [5.74, 6) is 0.632. The molecule has 30 heavy (non-hydrogen) atoms. The molecule has 0 heterocycles. The lowest BCUT2D eigenvalue weighted by molar-refractivity contribution is -0.387. The fourth-order valence-electron chi connectivity index (χ4n) is 2.54. The van der Waals surface area contributed by atoms with Crippen molar-refractivity contribution in [3.63, 3.8) is 0 Å². The highest BCUT2D eigenvalue weighted by Crippen LogP contribution is 2.32. The first-order valence-electron chi connectivity index (χ1n) is 8.87. The molecule has 0 amide bonds. The van der Waals surface area contributed by atoms with Crippen LogP contribution in [-0.2, 0) is 17.2 Å². The van der Waals surface area contributed by atoms with E-state index in [-0.39, 0.29) is 18.0 Å². The summed E-state index contributed by atoms with van der Waals surface area (Å²) < 4.78 is 0. The van der Waals surface area contributed by atoms with Gasteiger partial charge in [0.05, 0.1) is 21.0 Å². The summed E-state index contributed by atoms with van der Waals surface area (Å²) in [6, 6.07) is 20.6. The molecule has 152 valence electrons. The van der Waals surface area contributed by atoms with Crippen molar-refractivity contribution in [1.82, 2.24) is 0 Å². The van der Waals surface area contributed by atoms with Gasteiger partial charge in [0, 0.05) is 29.5 Å². The Labute approximate surface area is 176 Å². The van der Waals surface area contributed by atoms with Crippen molar-refractivity contribution in [3.05, 3.63) is 110 Å². The molecule has 0 aliphatic rings. The average molecular weight is 423 g/mol. The molecule has 8 nitrogen and oxygen atoms in total. The number of benzene rings is 3. The van der Waals surface area contributed by atoms with Gasteiger partial charge in [-0.05, 0) is 29.3 Å². The van der Waals surface area contributed by atoms with Gasteiger partial charge in [0.25, 0.3) is 11.4 Å². The first-order valence-corrected chi connectivity index (χ1v) is 9.85. The van der Waals surface area contributed by atoms with Gasteiger partial charge in [0.1, 0.15) is 6.61 Å². The second kappa shape index (κ2) is 10.2. The highest BCUT2D eigenvalue weighted by molar-refractivity contribution is 7.98. The lowest BCUT2D eigenvalue weighted by Crippen LogP contribution is -1.94. The highest BCUT2D eigenvalue weighted by Gasteiger charge is 2.15. The van der Waals surface area contributed by atoms with Crippen LogP contribution in [0.25, 0.3) is 0 Å². The summed E-state index contributed by atoms with van der Waals surface area (Å²) in [5, 5.41) is 25.9. The zero-order valence-electron chi connectivity index (χ0n) is 15.7. The Bertz CT molecular complexity index is 1060. The van der Waals surface area contributed by atoms with E-state index >= 15 is 0 Å². The molecule has 0 aliphatic heterocycles. The average Bonchev–Trinajstić information content (AvgIpc) is 2.76. The predicted octanol–water partition coefficient (Wildman–Crippen LogP) is 5.35. The molecule has 0 N–H and O–H groups in total. The maximum atomic E-state index is 11.4. The van der Waals surface area contributed by atoms with E-state index in [1.165, 1.54) is 36.2 Å². The van der Waals surface area contributed by atoms with Crippen molar-refractivity contribution in [1.29, 1.82) is 0 Å². The van der Waals surface area contributed by atoms with Gasteiger partial charge in [-0.3, -0.25) is 20.2 Å². The van der Waals surface area contributed by atoms with Gasteiger partial charge in [-0.15, -0.1) is 11.8 Å². The molecule has 9 heteroatoms. The molecule has 0 spiro atoms. The van der Waals surface area contributed by atoms with Crippen LogP contribution in [0.5, 0.6) is 0 Å². The predicted molar refractivity (Wildman–Crippen MR) is 115 cm³/mol. The first kappa shape index (κ1) is 21.0. The molecule has 0 fully saturated rings. The number of nitrogens with zero attached hydrogens (tertiary/aromatic N) is 3. The third-order valence-corrected chi connectivity index (χ3v) is 5.21. The Morgan fingerprint density at radius 2 is 1.63 bits per heavy atom. The van der Waals surface area contributed by atoms with Crippen LogP contribution in [0, 0.1) is 20.2 Å². The number of nitro benzene ring substituents is 2. The van der Waals surface area contributed by atoms with Crippen LogP contribution in [0.1, 0.15) is 16.7 Å². The summed E-state index contributed by atoms with van der Waals surface area (Å²) in [4.78, 5) is 27.0. The van der Waals surface area contributed by atoms with Gasteiger partial charge in [-0.25, -0.2) is 0 Å². The molecule has 0 atom stereocenters. The summed E-state index contributed by atoms with van der Waals surface area (Å²) in [6.45, 7) is 0.127. The third kappa shape index (κ3) is 5.89. The van der Waals surface area contributed by atoms with Crippen LogP contribution >= 0.6 is 11.8 Å². The van der Waals surface area contributed by atoms with Crippen molar-refractivity contribution in [3.8, 4) is 0 Å². The maximum Gasteiger partial charge on any atom is 0.283 e. The molecule has 0 unspecified atom stereocenters. The van der Waals surface area contributed by atoms with Gasteiger partial charge in [-0.2, -0.15) is 0 Å². The Morgan fingerprint density at radius 3 is 2.30 bits per heavy atom. The molecular weight excluding hydrogens is 406 g/mol. The van der Waals surface area contributed by atoms with Crippen LogP contribution in [0.2, 0.25) is 0 Å². The van der Waals surface area contributed by atoms with Gasteiger partial charge in [0.2, 0.25) is 0 Å². The topological polar surface area (TPSA) is 108 Å². The zero-order valence-corrected chi connectivity index (χ0v) is 16.5. The largest absolute Gasteiger partial charge is 0.391 e. The third-order valence-electron chi connectivity index (χ3n) is 4.07. The van der Waals surface area contributed by atoms with E-state index in [2.05, 4.69) is 5.16 Å². The lowest BCUT2D eigenvalue weighted by Gasteiger charge is -2.04. The molecule has 3 rings (SSSR count). The SMILES string of the molecule is O=[N+]([O-])c1ccc(CO/N=C/c2ccc(SCc3ccccc3)c([N+](=O)[O-])c2)cc1. The van der Waals surface area contributed by atoms with Gasteiger partial charge in [0.15, 0.2) is 0 Å². The first-order chi connectivity index (χ1) is 14.5. The quantitative estimate of drug-likeness (QED) is 0.199. The van der Waals surface area contributed by atoms with E-state index < -0.39 is 9.85 Å². The van der Waals surface area contributed by atoms with Crippen LogP contribution in [0.4, 0.5) is 11.4 Å². The number of oxime groups is 1. The van der Waals surface area contributed by atoms with Crippen molar-refractivity contribution in [2.45, 2.75) is 17.3 Å². The Kier molecular flexibility index (Phi) is 7.12. The number of non-ortho nitro benzene ring substituents is 1. The summed E-state index contributed by atoms with van der Waals surface area (Å²) in [7, 11) is 0. The second-order valence-electron chi connectivity index (χ2n) is 6.19. The van der Waals surface area contributed by atoms with E-state index in [1.54, 1.807) is 24.3 Å². The van der Waals surface area contributed by atoms with E-state index in [1.807, 2.05) is 30.3 Å². The van der Waals surface area contributed by atoms with E-state index in [4.69, 9.17) is 4.84 Å². The van der Waals surface area contributed by atoms with Crippen LogP contribution in [0.3, 0.4) is 0 Å². The minimum Gasteiger partial charge on any atom is -0.391 e. The van der Waals surface area contributed by atoms with Crippen molar-refractivity contribution >= 4 is 29.4 Å². The fraction of sp³-hybridized carbons (Fsp3) is 0.0952. The van der Waals surface area contributed by atoms with Crippen LogP contribution in [0.15, 0.2) is 82.8 Å². The molecule has 0 radical (unpaired) electrons. The van der Waals surface area contributed by atoms with Crippen molar-refractivity contribution < 1.29 is 14.7 Å². The molecule has 0 saturated carbocycles. The number of thioether (sulfide) groups is 1. The lowest BCUT2D eigenvalue weighted by atomic mass is 10.2. The zero-order chi connectivity index (χ0) is 21.3. The highest BCUT2D eigenvalue weighted by atomic mass is 32.2. The minimum atomic E-state index is -0.475. The number of hydrogen-bond donors (Lipinski definition) is 0. The van der Waals surface area contributed by atoms with Crippen LogP contribution in [-0.4, -0.2) is 16.1 Å². The summed E-state index contributed by atoms with van der Waals surface area (Å²) in [6.07, 6.45) is 1.39. The van der Waals surface area contributed by atoms with Gasteiger partial charge < -0.3 is 4.84 Å². The normalized spacial score (nSPS) is 10.8. The minimum absolute atomic E-state index is 0.000199. The molecule has 0 bridgehead atoms. The Morgan fingerprint density at radius 1 is 0.900 bits per heavy atom. The molecule has 0 aliphatic carbocycles. The van der Waals surface area contributed by atoms with Crippen LogP contribution < -0.4 is 0 Å². The van der Waals surface area contributed by atoms with E-state index in [0.717, 1.165) is 11.1 Å². The van der Waals surface area contributed by atoms with Crippen molar-refractivity contribution in [2.75, 3.05) is 0 Å². The van der Waals surface area contributed by atoms with E-state index in [0.29, 0.717) is 16.2 Å². The Balaban J connectivity index is 1.60.